The second-order valence-corrected chi connectivity index (χ2v) is 7.52. The molecule has 170 valence electrons. The molecule has 0 unspecified atom stereocenters. The number of nitrogens with one attached hydrogen (secondary N) is 2. The third-order valence-electron chi connectivity index (χ3n) is 5.37. The van der Waals surface area contributed by atoms with Gasteiger partial charge in [-0.1, -0.05) is 12.1 Å². The van der Waals surface area contributed by atoms with Crippen LogP contribution in [0.25, 0.3) is 0 Å². The molecule has 1 aromatic rings. The molecule has 3 atom stereocenters. The number of nitrogens with two attached hydrogens (primary N) is 2. The van der Waals surface area contributed by atoms with Gasteiger partial charge < -0.3 is 32.1 Å². The van der Waals surface area contributed by atoms with Gasteiger partial charge in [-0.3, -0.25) is 19.3 Å². The van der Waals surface area contributed by atoms with Crippen molar-refractivity contribution in [2.75, 3.05) is 25.9 Å². The summed E-state index contributed by atoms with van der Waals surface area (Å²) in [6, 6.07) is 4.41. The Morgan fingerprint density at radius 3 is 2.65 bits per heavy atom. The Labute approximate surface area is 180 Å². The highest BCUT2D eigenvalue weighted by Gasteiger charge is 2.37. The summed E-state index contributed by atoms with van der Waals surface area (Å²) in [7, 11) is 1.26. The van der Waals surface area contributed by atoms with E-state index >= 15 is 0 Å². The molecule has 1 aromatic carbocycles. The van der Waals surface area contributed by atoms with Crippen LogP contribution >= 0.6 is 0 Å². The maximum Gasteiger partial charge on any atom is 0.407 e. The van der Waals surface area contributed by atoms with Crippen molar-refractivity contribution in [2.24, 2.45) is 5.73 Å². The highest BCUT2D eigenvalue weighted by atomic mass is 16.4. The normalized spacial score (nSPS) is 17.5. The molecule has 1 aliphatic heterocycles. The summed E-state index contributed by atoms with van der Waals surface area (Å²) in [5.74, 6) is -1.41. The van der Waals surface area contributed by atoms with E-state index < -0.39 is 36.0 Å². The molecule has 1 saturated heterocycles. The number of carboxylic acid groups (broad SMARTS) is 1. The number of benzene rings is 1. The minimum absolute atomic E-state index is 0.178. The molecule has 0 spiro atoms. The number of nitrogen functional groups attached to an aromatic ring is 1. The first-order valence-corrected chi connectivity index (χ1v) is 10.0. The lowest BCUT2D eigenvalue weighted by Crippen LogP contribution is -2.58. The van der Waals surface area contributed by atoms with Crippen molar-refractivity contribution in [3.63, 3.8) is 0 Å². The Hall–Kier alpha value is -3.34. The standard InChI is InChI=1S/C20H30N6O5/c1-12(25(2)20(30)31)17(27)24-15(10-21)19(29)26-8-4-7-16(26)18(28)23-11-13-5-3-6-14(22)9-13/h3,5-6,9,12,15-16H,4,7-8,10-11,21-22H2,1-2H3,(H,23,28)(H,24,27)(H,30,31)/t12-,15-,16-/m0/s1. The van der Waals surface area contributed by atoms with Crippen molar-refractivity contribution in [3.05, 3.63) is 29.8 Å². The van der Waals surface area contributed by atoms with Crippen LogP contribution in [0, 0.1) is 0 Å². The fourth-order valence-corrected chi connectivity index (χ4v) is 3.37. The summed E-state index contributed by atoms with van der Waals surface area (Å²) in [5, 5.41) is 14.3. The molecule has 1 heterocycles. The lowest BCUT2D eigenvalue weighted by Gasteiger charge is -2.29. The van der Waals surface area contributed by atoms with Gasteiger partial charge in [-0.15, -0.1) is 0 Å². The minimum atomic E-state index is -1.27. The van der Waals surface area contributed by atoms with Gasteiger partial charge in [0.15, 0.2) is 0 Å². The number of carbonyl (C=O) groups excluding carboxylic acids is 3. The first-order valence-electron chi connectivity index (χ1n) is 10.0. The average molecular weight is 434 g/mol. The van der Waals surface area contributed by atoms with Crippen LogP contribution in [0.5, 0.6) is 0 Å². The van der Waals surface area contributed by atoms with E-state index in [1.165, 1.54) is 18.9 Å². The molecule has 0 aliphatic carbocycles. The minimum Gasteiger partial charge on any atom is -0.465 e. The van der Waals surface area contributed by atoms with Crippen LogP contribution in [0.1, 0.15) is 25.3 Å². The predicted octanol–water partition coefficient (Wildman–Crippen LogP) is -0.682. The Balaban J connectivity index is 2.00. The van der Waals surface area contributed by atoms with Crippen molar-refractivity contribution in [1.29, 1.82) is 0 Å². The number of likely N-dealkylation sites (tertiary alicyclic amines) is 1. The maximum absolute atomic E-state index is 13.0. The van der Waals surface area contributed by atoms with E-state index in [9.17, 15) is 19.2 Å². The Kier molecular flexibility index (Phi) is 8.20. The molecule has 4 amide bonds. The molecule has 11 heteroatoms. The van der Waals surface area contributed by atoms with E-state index in [-0.39, 0.29) is 19.0 Å². The van der Waals surface area contributed by atoms with Crippen LogP contribution in [-0.4, -0.2) is 77.0 Å². The van der Waals surface area contributed by atoms with Gasteiger partial charge in [0.2, 0.25) is 17.7 Å². The van der Waals surface area contributed by atoms with Crippen LogP contribution in [0.4, 0.5) is 10.5 Å². The maximum atomic E-state index is 13.0. The number of likely N-dealkylation sites (N-methyl/N-ethyl adjacent to an activating group) is 1. The quantitative estimate of drug-likeness (QED) is 0.337. The Morgan fingerprint density at radius 2 is 2.03 bits per heavy atom. The number of nitrogens with zero attached hydrogens (tertiary/aromatic N) is 2. The summed E-state index contributed by atoms with van der Waals surface area (Å²) in [4.78, 5) is 51.3. The van der Waals surface area contributed by atoms with Crippen LogP contribution in [-0.2, 0) is 20.9 Å². The van der Waals surface area contributed by atoms with E-state index in [1.54, 1.807) is 18.2 Å². The van der Waals surface area contributed by atoms with Gasteiger partial charge in [0.25, 0.3) is 0 Å². The second kappa shape index (κ2) is 10.6. The summed E-state index contributed by atoms with van der Waals surface area (Å²) in [6.45, 7) is 1.87. The fraction of sp³-hybridized carbons (Fsp3) is 0.500. The second-order valence-electron chi connectivity index (χ2n) is 7.52. The van der Waals surface area contributed by atoms with Crippen molar-refractivity contribution in [3.8, 4) is 0 Å². The third-order valence-corrected chi connectivity index (χ3v) is 5.37. The van der Waals surface area contributed by atoms with Gasteiger partial charge in [0.05, 0.1) is 0 Å². The molecule has 1 aliphatic rings. The summed E-state index contributed by atoms with van der Waals surface area (Å²) >= 11 is 0. The molecule has 0 radical (unpaired) electrons. The van der Waals surface area contributed by atoms with Crippen LogP contribution < -0.4 is 22.1 Å². The number of amides is 4. The average Bonchev–Trinajstić information content (AvgIpc) is 3.24. The highest BCUT2D eigenvalue weighted by Crippen LogP contribution is 2.19. The van der Waals surface area contributed by atoms with Gasteiger partial charge >= 0.3 is 6.09 Å². The van der Waals surface area contributed by atoms with Crippen LogP contribution in [0.3, 0.4) is 0 Å². The summed E-state index contributed by atoms with van der Waals surface area (Å²) in [6.07, 6.45) is -0.127. The van der Waals surface area contributed by atoms with Crippen LogP contribution in [0.15, 0.2) is 24.3 Å². The molecular formula is C20H30N6O5. The number of carbonyl (C=O) groups is 4. The molecule has 0 bridgehead atoms. The third kappa shape index (κ3) is 6.07. The van der Waals surface area contributed by atoms with Crippen LogP contribution in [0.2, 0.25) is 0 Å². The molecule has 0 aromatic heterocycles. The molecule has 31 heavy (non-hydrogen) atoms. The number of hydrogen-bond acceptors (Lipinski definition) is 6. The lowest BCUT2D eigenvalue weighted by atomic mass is 10.1. The Morgan fingerprint density at radius 1 is 1.32 bits per heavy atom. The molecule has 2 rings (SSSR count). The monoisotopic (exact) mass is 434 g/mol. The fourth-order valence-electron chi connectivity index (χ4n) is 3.37. The van der Waals surface area contributed by atoms with Crippen molar-refractivity contribution in [1.82, 2.24) is 20.4 Å². The molecular weight excluding hydrogens is 404 g/mol. The van der Waals surface area contributed by atoms with E-state index in [0.717, 1.165) is 10.5 Å². The van der Waals surface area contributed by atoms with E-state index in [4.69, 9.17) is 16.6 Å². The topological polar surface area (TPSA) is 171 Å². The Bertz CT molecular complexity index is 832. The molecule has 0 saturated carbocycles. The molecule has 11 nitrogen and oxygen atoms in total. The van der Waals surface area contributed by atoms with Gasteiger partial charge in [-0.05, 0) is 37.5 Å². The van der Waals surface area contributed by atoms with Crippen molar-refractivity contribution >= 4 is 29.5 Å². The summed E-state index contributed by atoms with van der Waals surface area (Å²) < 4.78 is 0. The zero-order chi connectivity index (χ0) is 23.1. The zero-order valence-electron chi connectivity index (χ0n) is 17.7. The number of rotatable bonds is 8. The van der Waals surface area contributed by atoms with E-state index in [2.05, 4.69) is 10.6 Å². The molecule has 1 fully saturated rings. The largest absolute Gasteiger partial charge is 0.465 e. The van der Waals surface area contributed by atoms with Crippen molar-refractivity contribution < 1.29 is 24.3 Å². The van der Waals surface area contributed by atoms with Gasteiger partial charge in [-0.2, -0.15) is 0 Å². The smallest absolute Gasteiger partial charge is 0.407 e. The van der Waals surface area contributed by atoms with E-state index in [0.29, 0.717) is 25.1 Å². The predicted molar refractivity (Wildman–Crippen MR) is 114 cm³/mol. The number of hydrogen-bond donors (Lipinski definition) is 5. The van der Waals surface area contributed by atoms with Gasteiger partial charge in [0.1, 0.15) is 18.1 Å². The van der Waals surface area contributed by atoms with Gasteiger partial charge in [0, 0.05) is 32.4 Å². The SMILES string of the molecule is C[C@@H](C(=O)N[C@@H](CN)C(=O)N1CCC[C@H]1C(=O)NCc1cccc(N)c1)N(C)C(=O)O. The lowest BCUT2D eigenvalue weighted by molar-refractivity contribution is -0.141. The number of anilines is 1. The van der Waals surface area contributed by atoms with Crippen molar-refractivity contribution in [2.45, 2.75) is 44.4 Å². The van der Waals surface area contributed by atoms with Gasteiger partial charge in [-0.25, -0.2) is 4.79 Å². The first kappa shape index (κ1) is 23.9. The van der Waals surface area contributed by atoms with E-state index in [1.807, 2.05) is 6.07 Å². The summed E-state index contributed by atoms with van der Waals surface area (Å²) in [5.41, 5.74) is 12.9. The zero-order valence-corrected chi connectivity index (χ0v) is 17.7. The highest BCUT2D eigenvalue weighted by molar-refractivity contribution is 5.94. The molecule has 7 N–H and O–H groups in total. The first-order chi connectivity index (χ1) is 14.6.